The predicted octanol–water partition coefficient (Wildman–Crippen LogP) is 3.05. The van der Waals surface area contributed by atoms with Gasteiger partial charge in [0.25, 0.3) is 0 Å². The van der Waals surface area contributed by atoms with Gasteiger partial charge in [0.1, 0.15) is 0 Å². The highest BCUT2D eigenvalue weighted by Gasteiger charge is 2.53. The van der Waals surface area contributed by atoms with Crippen LogP contribution in [0.3, 0.4) is 0 Å². The molecule has 0 bridgehead atoms. The fourth-order valence-corrected chi connectivity index (χ4v) is 2.74. The molecular weight excluding hydrogens is 158 g/mol. The summed E-state index contributed by atoms with van der Waals surface area (Å²) >= 11 is 0. The molecule has 2 rings (SSSR count). The van der Waals surface area contributed by atoms with E-state index in [0.717, 1.165) is 11.5 Å². The van der Waals surface area contributed by atoms with Crippen molar-refractivity contribution >= 4 is 0 Å². The van der Waals surface area contributed by atoms with Crippen LogP contribution in [-0.4, -0.2) is 24.0 Å². The second-order valence-corrected chi connectivity index (χ2v) is 5.14. The van der Waals surface area contributed by atoms with Crippen LogP contribution in [0.2, 0.25) is 0 Å². The van der Waals surface area contributed by atoms with Gasteiger partial charge in [-0.25, -0.2) is 0 Å². The standard InChI is InChI=1S/C12H23N/c1-3-5-11(6-4-2)13-9-12(10-13)7-8-12/h11H,3-10H2,1-2H3. The molecule has 0 unspecified atom stereocenters. The third kappa shape index (κ3) is 1.90. The summed E-state index contributed by atoms with van der Waals surface area (Å²) in [6.07, 6.45) is 8.60. The molecule has 13 heavy (non-hydrogen) atoms. The molecule has 2 aliphatic rings. The van der Waals surface area contributed by atoms with E-state index in [-0.39, 0.29) is 0 Å². The van der Waals surface area contributed by atoms with Crippen LogP contribution >= 0.6 is 0 Å². The van der Waals surface area contributed by atoms with Gasteiger partial charge < -0.3 is 0 Å². The van der Waals surface area contributed by atoms with Gasteiger partial charge in [0.15, 0.2) is 0 Å². The largest absolute Gasteiger partial charge is 0.299 e. The second-order valence-electron chi connectivity index (χ2n) is 5.14. The highest BCUT2D eigenvalue weighted by molar-refractivity contribution is 5.06. The van der Waals surface area contributed by atoms with E-state index in [1.54, 1.807) is 0 Å². The molecule has 1 aliphatic heterocycles. The van der Waals surface area contributed by atoms with Crippen LogP contribution in [0, 0.1) is 5.41 Å². The molecule has 1 saturated carbocycles. The molecule has 1 nitrogen and oxygen atoms in total. The second kappa shape index (κ2) is 3.61. The van der Waals surface area contributed by atoms with Crippen LogP contribution in [0.1, 0.15) is 52.4 Å². The zero-order chi connectivity index (χ0) is 9.31. The van der Waals surface area contributed by atoms with E-state index >= 15 is 0 Å². The summed E-state index contributed by atoms with van der Waals surface area (Å²) < 4.78 is 0. The molecule has 2 fully saturated rings. The van der Waals surface area contributed by atoms with E-state index in [1.807, 2.05) is 0 Å². The molecule has 1 spiro atoms. The predicted molar refractivity (Wildman–Crippen MR) is 56.8 cm³/mol. The number of nitrogens with zero attached hydrogens (tertiary/aromatic N) is 1. The Bertz CT molecular complexity index is 158. The Labute approximate surface area is 82.5 Å². The monoisotopic (exact) mass is 181 g/mol. The molecule has 0 aromatic heterocycles. The third-order valence-corrected chi connectivity index (χ3v) is 3.79. The van der Waals surface area contributed by atoms with Crippen molar-refractivity contribution in [3.05, 3.63) is 0 Å². The van der Waals surface area contributed by atoms with Crippen LogP contribution in [0.15, 0.2) is 0 Å². The van der Waals surface area contributed by atoms with Crippen LogP contribution in [-0.2, 0) is 0 Å². The van der Waals surface area contributed by atoms with Gasteiger partial charge in [-0.2, -0.15) is 0 Å². The highest BCUT2D eigenvalue weighted by Crippen LogP contribution is 2.53. The molecule has 1 heterocycles. The van der Waals surface area contributed by atoms with E-state index in [9.17, 15) is 0 Å². The lowest BCUT2D eigenvalue weighted by molar-refractivity contribution is 0.0282. The summed E-state index contributed by atoms with van der Waals surface area (Å²) in [6.45, 7) is 7.49. The quantitative estimate of drug-likeness (QED) is 0.630. The number of hydrogen-bond donors (Lipinski definition) is 0. The molecule has 0 aromatic carbocycles. The van der Waals surface area contributed by atoms with E-state index in [0.29, 0.717) is 0 Å². The summed E-state index contributed by atoms with van der Waals surface area (Å²) in [5.41, 5.74) is 0.847. The van der Waals surface area contributed by atoms with Crippen LogP contribution in [0.5, 0.6) is 0 Å². The minimum atomic E-state index is 0.847. The van der Waals surface area contributed by atoms with Crippen molar-refractivity contribution in [3.63, 3.8) is 0 Å². The van der Waals surface area contributed by atoms with Crippen LogP contribution in [0.4, 0.5) is 0 Å². The van der Waals surface area contributed by atoms with Crippen LogP contribution in [0.25, 0.3) is 0 Å². The lowest BCUT2D eigenvalue weighted by Crippen LogP contribution is -2.53. The van der Waals surface area contributed by atoms with Gasteiger partial charge in [0.05, 0.1) is 0 Å². The Morgan fingerprint density at radius 3 is 2.00 bits per heavy atom. The maximum Gasteiger partial charge on any atom is 0.00955 e. The zero-order valence-electron chi connectivity index (χ0n) is 9.18. The summed E-state index contributed by atoms with van der Waals surface area (Å²) in [7, 11) is 0. The molecule has 0 atom stereocenters. The van der Waals surface area contributed by atoms with Gasteiger partial charge in [0.2, 0.25) is 0 Å². The Balaban J connectivity index is 1.75. The lowest BCUT2D eigenvalue weighted by atomic mass is 9.91. The molecule has 1 aliphatic carbocycles. The van der Waals surface area contributed by atoms with Crippen molar-refractivity contribution in [1.29, 1.82) is 0 Å². The molecule has 0 amide bonds. The highest BCUT2D eigenvalue weighted by atomic mass is 15.2. The first-order valence-corrected chi connectivity index (χ1v) is 6.04. The Morgan fingerprint density at radius 1 is 1.08 bits per heavy atom. The first-order valence-electron chi connectivity index (χ1n) is 6.04. The lowest BCUT2D eigenvalue weighted by Gasteiger charge is -2.45. The third-order valence-electron chi connectivity index (χ3n) is 3.79. The fourth-order valence-electron chi connectivity index (χ4n) is 2.74. The first kappa shape index (κ1) is 9.51. The minimum Gasteiger partial charge on any atom is -0.299 e. The van der Waals surface area contributed by atoms with Gasteiger partial charge in [-0.05, 0) is 31.1 Å². The number of rotatable bonds is 5. The van der Waals surface area contributed by atoms with Gasteiger partial charge in [-0.15, -0.1) is 0 Å². The van der Waals surface area contributed by atoms with E-state index in [1.165, 1.54) is 51.6 Å². The van der Waals surface area contributed by atoms with Gasteiger partial charge >= 0.3 is 0 Å². The smallest absolute Gasteiger partial charge is 0.00955 e. The Hall–Kier alpha value is -0.0400. The number of hydrogen-bond acceptors (Lipinski definition) is 1. The van der Waals surface area contributed by atoms with Crippen molar-refractivity contribution in [2.24, 2.45) is 5.41 Å². The van der Waals surface area contributed by atoms with Crippen LogP contribution < -0.4 is 0 Å². The maximum absolute atomic E-state index is 2.74. The van der Waals surface area contributed by atoms with Crippen molar-refractivity contribution in [2.45, 2.75) is 58.4 Å². The summed E-state index contributed by atoms with van der Waals surface area (Å²) in [5, 5.41) is 0. The Morgan fingerprint density at radius 2 is 1.62 bits per heavy atom. The van der Waals surface area contributed by atoms with Gasteiger partial charge in [-0.1, -0.05) is 26.7 Å². The number of likely N-dealkylation sites (tertiary alicyclic amines) is 1. The summed E-state index contributed by atoms with van der Waals surface area (Å²) in [6, 6.07) is 0.918. The molecule has 0 aromatic rings. The van der Waals surface area contributed by atoms with Crippen molar-refractivity contribution < 1.29 is 0 Å². The SMILES string of the molecule is CCCC(CCC)N1CC2(CC2)C1. The van der Waals surface area contributed by atoms with E-state index in [4.69, 9.17) is 0 Å². The average Bonchev–Trinajstić information content (AvgIpc) is 2.80. The Kier molecular flexibility index (Phi) is 2.64. The van der Waals surface area contributed by atoms with Crippen molar-refractivity contribution in [2.75, 3.05) is 13.1 Å². The molecule has 0 N–H and O–H groups in total. The maximum atomic E-state index is 2.74. The fraction of sp³-hybridized carbons (Fsp3) is 1.00. The first-order chi connectivity index (χ1) is 6.29. The average molecular weight is 181 g/mol. The molecule has 1 saturated heterocycles. The van der Waals surface area contributed by atoms with Crippen molar-refractivity contribution in [1.82, 2.24) is 4.90 Å². The molecule has 0 radical (unpaired) electrons. The normalized spacial score (nSPS) is 25.2. The zero-order valence-corrected chi connectivity index (χ0v) is 9.18. The molecular formula is C12H23N. The van der Waals surface area contributed by atoms with Crippen molar-refractivity contribution in [3.8, 4) is 0 Å². The molecule has 1 heteroatoms. The summed E-state index contributed by atoms with van der Waals surface area (Å²) in [4.78, 5) is 2.74. The van der Waals surface area contributed by atoms with E-state index in [2.05, 4.69) is 18.7 Å². The van der Waals surface area contributed by atoms with Gasteiger partial charge in [0, 0.05) is 19.1 Å². The topological polar surface area (TPSA) is 3.24 Å². The van der Waals surface area contributed by atoms with Gasteiger partial charge in [-0.3, -0.25) is 4.90 Å². The van der Waals surface area contributed by atoms with E-state index < -0.39 is 0 Å². The minimum absolute atomic E-state index is 0.847. The summed E-state index contributed by atoms with van der Waals surface area (Å²) in [5.74, 6) is 0. The molecule has 76 valence electrons.